The maximum Gasteiger partial charge on any atom is 0.0469 e. The second-order valence-electron chi connectivity index (χ2n) is 5.31. The Kier molecular flexibility index (Phi) is 4.29. The van der Waals surface area contributed by atoms with Crippen molar-refractivity contribution in [2.24, 2.45) is 5.84 Å². The highest BCUT2D eigenvalue weighted by molar-refractivity contribution is 5.86. The van der Waals surface area contributed by atoms with Gasteiger partial charge in [-0.2, -0.15) is 0 Å². The van der Waals surface area contributed by atoms with Gasteiger partial charge in [0.25, 0.3) is 0 Å². The summed E-state index contributed by atoms with van der Waals surface area (Å²) in [7, 11) is 0. The van der Waals surface area contributed by atoms with Crippen LogP contribution in [0, 0.1) is 0 Å². The van der Waals surface area contributed by atoms with Gasteiger partial charge in [-0.3, -0.25) is 11.3 Å². The molecule has 3 aromatic carbocycles. The monoisotopic (exact) mass is 276 g/mol. The summed E-state index contributed by atoms with van der Waals surface area (Å²) >= 11 is 0. The first kappa shape index (κ1) is 13.8. The van der Waals surface area contributed by atoms with Gasteiger partial charge in [0, 0.05) is 6.04 Å². The van der Waals surface area contributed by atoms with E-state index in [1.807, 2.05) is 6.07 Å². The third-order valence-corrected chi connectivity index (χ3v) is 3.96. The fourth-order valence-corrected chi connectivity index (χ4v) is 2.84. The molecule has 106 valence electrons. The van der Waals surface area contributed by atoms with E-state index in [-0.39, 0.29) is 6.04 Å². The Morgan fingerprint density at radius 2 is 1.52 bits per heavy atom. The molecule has 0 amide bonds. The zero-order valence-corrected chi connectivity index (χ0v) is 12.0. The number of benzene rings is 3. The number of nitrogens with two attached hydrogens (primary N) is 1. The van der Waals surface area contributed by atoms with Crippen molar-refractivity contribution in [1.82, 2.24) is 5.43 Å². The van der Waals surface area contributed by atoms with E-state index in [0.717, 1.165) is 12.8 Å². The third kappa shape index (κ3) is 3.13. The summed E-state index contributed by atoms with van der Waals surface area (Å²) < 4.78 is 0. The van der Waals surface area contributed by atoms with Crippen molar-refractivity contribution in [2.45, 2.75) is 18.9 Å². The lowest BCUT2D eigenvalue weighted by molar-refractivity contribution is 0.519. The topological polar surface area (TPSA) is 38.0 Å². The molecule has 3 aromatic rings. The summed E-state index contributed by atoms with van der Waals surface area (Å²) in [5, 5.41) is 2.53. The molecule has 0 saturated heterocycles. The second-order valence-corrected chi connectivity index (χ2v) is 5.31. The van der Waals surface area contributed by atoms with Crippen LogP contribution in [0.3, 0.4) is 0 Å². The van der Waals surface area contributed by atoms with Gasteiger partial charge in [0.05, 0.1) is 0 Å². The Hall–Kier alpha value is -2.16. The zero-order valence-electron chi connectivity index (χ0n) is 12.0. The highest BCUT2D eigenvalue weighted by atomic mass is 15.2. The molecule has 2 heteroatoms. The molecule has 0 aliphatic heterocycles. The standard InChI is InChI=1S/C19H20N2/c20-21-19(14-13-15-7-2-1-3-8-15)18-12-6-10-16-9-4-5-11-17(16)18/h1-12,19,21H,13-14,20H2. The van der Waals surface area contributed by atoms with Crippen LogP contribution in [-0.4, -0.2) is 0 Å². The van der Waals surface area contributed by atoms with E-state index in [9.17, 15) is 0 Å². The Labute approximate surface area is 125 Å². The van der Waals surface area contributed by atoms with Crippen molar-refractivity contribution in [3.63, 3.8) is 0 Å². The molecule has 1 atom stereocenters. The molecule has 0 fully saturated rings. The normalized spacial score (nSPS) is 12.4. The van der Waals surface area contributed by atoms with Gasteiger partial charge in [-0.15, -0.1) is 0 Å². The average Bonchev–Trinajstić information content (AvgIpc) is 2.56. The number of hydrogen-bond acceptors (Lipinski definition) is 2. The van der Waals surface area contributed by atoms with E-state index in [4.69, 9.17) is 5.84 Å². The van der Waals surface area contributed by atoms with Crippen LogP contribution in [0.25, 0.3) is 10.8 Å². The van der Waals surface area contributed by atoms with Crippen LogP contribution in [0.5, 0.6) is 0 Å². The number of rotatable bonds is 5. The summed E-state index contributed by atoms with van der Waals surface area (Å²) in [6.07, 6.45) is 1.99. The summed E-state index contributed by atoms with van der Waals surface area (Å²) in [5.41, 5.74) is 5.60. The molecule has 3 rings (SSSR count). The van der Waals surface area contributed by atoms with Gasteiger partial charge >= 0.3 is 0 Å². The maximum atomic E-state index is 5.81. The summed E-state index contributed by atoms with van der Waals surface area (Å²) in [6.45, 7) is 0. The van der Waals surface area contributed by atoms with E-state index in [1.54, 1.807) is 0 Å². The predicted octanol–water partition coefficient (Wildman–Crippen LogP) is 3.98. The molecule has 0 saturated carbocycles. The van der Waals surface area contributed by atoms with E-state index < -0.39 is 0 Å². The van der Waals surface area contributed by atoms with Crippen molar-refractivity contribution in [1.29, 1.82) is 0 Å². The van der Waals surface area contributed by atoms with Gasteiger partial charge in [-0.1, -0.05) is 72.8 Å². The van der Waals surface area contributed by atoms with Gasteiger partial charge in [-0.05, 0) is 34.7 Å². The first-order valence-electron chi connectivity index (χ1n) is 7.36. The van der Waals surface area contributed by atoms with Crippen molar-refractivity contribution >= 4 is 10.8 Å². The van der Waals surface area contributed by atoms with E-state index in [1.165, 1.54) is 21.9 Å². The largest absolute Gasteiger partial charge is 0.271 e. The van der Waals surface area contributed by atoms with Crippen LogP contribution in [0.2, 0.25) is 0 Å². The molecule has 0 radical (unpaired) electrons. The van der Waals surface area contributed by atoms with Crippen LogP contribution < -0.4 is 11.3 Å². The number of nitrogens with one attached hydrogen (secondary N) is 1. The SMILES string of the molecule is NNC(CCc1ccccc1)c1cccc2ccccc12. The van der Waals surface area contributed by atoms with Gasteiger partial charge < -0.3 is 0 Å². The first-order valence-corrected chi connectivity index (χ1v) is 7.36. The number of hydrazine groups is 1. The highest BCUT2D eigenvalue weighted by Gasteiger charge is 2.12. The smallest absolute Gasteiger partial charge is 0.0469 e. The van der Waals surface area contributed by atoms with E-state index in [2.05, 4.69) is 72.2 Å². The Balaban J connectivity index is 1.85. The fourth-order valence-electron chi connectivity index (χ4n) is 2.84. The zero-order chi connectivity index (χ0) is 14.5. The molecule has 0 aromatic heterocycles. The van der Waals surface area contributed by atoms with Crippen molar-refractivity contribution in [2.75, 3.05) is 0 Å². The highest BCUT2D eigenvalue weighted by Crippen LogP contribution is 2.26. The van der Waals surface area contributed by atoms with Crippen LogP contribution in [0.1, 0.15) is 23.6 Å². The molecule has 0 aliphatic rings. The lowest BCUT2D eigenvalue weighted by Crippen LogP contribution is -2.28. The third-order valence-electron chi connectivity index (χ3n) is 3.96. The van der Waals surface area contributed by atoms with Gasteiger partial charge in [-0.25, -0.2) is 0 Å². The van der Waals surface area contributed by atoms with E-state index in [0.29, 0.717) is 0 Å². The summed E-state index contributed by atoms with van der Waals surface area (Å²) in [6, 6.07) is 25.6. The Morgan fingerprint density at radius 3 is 2.33 bits per heavy atom. The molecule has 2 nitrogen and oxygen atoms in total. The maximum absolute atomic E-state index is 5.81. The summed E-state index contributed by atoms with van der Waals surface area (Å²) in [5.74, 6) is 5.81. The Bertz CT molecular complexity index is 702. The first-order chi connectivity index (χ1) is 10.4. The molecule has 3 N–H and O–H groups in total. The van der Waals surface area contributed by atoms with Crippen LogP contribution >= 0.6 is 0 Å². The van der Waals surface area contributed by atoms with Crippen LogP contribution in [0.15, 0.2) is 72.8 Å². The van der Waals surface area contributed by atoms with Gasteiger partial charge in [0.1, 0.15) is 0 Å². The van der Waals surface area contributed by atoms with Crippen molar-refractivity contribution < 1.29 is 0 Å². The quantitative estimate of drug-likeness (QED) is 0.546. The van der Waals surface area contributed by atoms with Crippen molar-refractivity contribution in [3.05, 3.63) is 83.9 Å². The summed E-state index contributed by atoms with van der Waals surface area (Å²) in [4.78, 5) is 0. The molecular weight excluding hydrogens is 256 g/mol. The molecular formula is C19H20N2. The molecule has 21 heavy (non-hydrogen) atoms. The molecule has 0 bridgehead atoms. The predicted molar refractivity (Wildman–Crippen MR) is 88.8 cm³/mol. The minimum absolute atomic E-state index is 0.163. The molecule has 0 heterocycles. The molecule has 1 unspecified atom stereocenters. The lowest BCUT2D eigenvalue weighted by Gasteiger charge is -2.18. The van der Waals surface area contributed by atoms with E-state index >= 15 is 0 Å². The van der Waals surface area contributed by atoms with Crippen LogP contribution in [0.4, 0.5) is 0 Å². The van der Waals surface area contributed by atoms with Crippen LogP contribution in [-0.2, 0) is 6.42 Å². The van der Waals surface area contributed by atoms with Gasteiger partial charge in [0.15, 0.2) is 0 Å². The molecule has 0 aliphatic carbocycles. The Morgan fingerprint density at radius 1 is 0.810 bits per heavy atom. The number of fused-ring (bicyclic) bond motifs is 1. The number of hydrogen-bond donors (Lipinski definition) is 2. The van der Waals surface area contributed by atoms with Crippen molar-refractivity contribution in [3.8, 4) is 0 Å². The minimum Gasteiger partial charge on any atom is -0.271 e. The lowest BCUT2D eigenvalue weighted by atomic mass is 9.95. The molecule has 0 spiro atoms. The minimum atomic E-state index is 0.163. The van der Waals surface area contributed by atoms with Gasteiger partial charge in [0.2, 0.25) is 0 Å². The fraction of sp³-hybridized carbons (Fsp3) is 0.158. The number of aryl methyl sites for hydroxylation is 1. The average molecular weight is 276 g/mol. The second kappa shape index (κ2) is 6.53.